The van der Waals surface area contributed by atoms with Crippen molar-refractivity contribution in [1.29, 1.82) is 5.26 Å². The zero-order valence-electron chi connectivity index (χ0n) is 22.3. The van der Waals surface area contributed by atoms with Crippen LogP contribution in [-0.4, -0.2) is 52.7 Å². The fourth-order valence-corrected chi connectivity index (χ4v) is 5.52. The first kappa shape index (κ1) is 25.3. The van der Waals surface area contributed by atoms with Crippen molar-refractivity contribution in [2.24, 2.45) is 0 Å². The van der Waals surface area contributed by atoms with E-state index in [1.165, 1.54) is 4.90 Å². The molecule has 9 heteroatoms. The molecule has 6 rings (SSSR count). The number of carbonyl (C=O) groups excluding carboxylic acids is 2. The Kier molecular flexibility index (Phi) is 6.11. The lowest BCUT2D eigenvalue weighted by Gasteiger charge is -2.34. The van der Waals surface area contributed by atoms with E-state index in [1.54, 1.807) is 31.3 Å². The highest BCUT2D eigenvalue weighted by molar-refractivity contribution is 6.20. The highest BCUT2D eigenvalue weighted by atomic mass is 19.1. The number of amides is 2. The molecule has 0 spiro atoms. The molecule has 2 amide bonds. The predicted molar refractivity (Wildman–Crippen MR) is 149 cm³/mol. The van der Waals surface area contributed by atoms with Crippen molar-refractivity contribution in [2.75, 3.05) is 20.1 Å². The molecule has 0 unspecified atom stereocenters. The minimum atomic E-state index is -0.996. The Bertz CT molecular complexity index is 1840. The monoisotopic (exact) mass is 535 g/mol. The van der Waals surface area contributed by atoms with Gasteiger partial charge in [-0.15, -0.1) is 0 Å². The number of carbonyl (C=O) groups is 2. The van der Waals surface area contributed by atoms with Gasteiger partial charge in [-0.05, 0) is 67.4 Å². The molecule has 0 bridgehead atoms. The minimum Gasteiger partial charge on any atom is -0.361 e. The van der Waals surface area contributed by atoms with E-state index in [2.05, 4.69) is 21.1 Å². The highest BCUT2D eigenvalue weighted by Crippen LogP contribution is 2.38. The summed E-state index contributed by atoms with van der Waals surface area (Å²) in [5, 5.41) is 17.5. The first-order chi connectivity index (χ1) is 19.3. The highest BCUT2D eigenvalue weighted by Gasteiger charge is 2.31. The van der Waals surface area contributed by atoms with E-state index in [-0.39, 0.29) is 24.9 Å². The largest absolute Gasteiger partial charge is 0.361 e. The molecule has 1 aliphatic heterocycles. The van der Waals surface area contributed by atoms with Crippen LogP contribution < -0.4 is 5.32 Å². The lowest BCUT2D eigenvalue weighted by Crippen LogP contribution is -2.51. The lowest BCUT2D eigenvalue weighted by atomic mass is 9.96. The van der Waals surface area contributed by atoms with Crippen LogP contribution in [0.4, 0.5) is 4.39 Å². The Morgan fingerprint density at radius 3 is 2.48 bits per heavy atom. The number of nitrogens with zero attached hydrogens (tertiary/aromatic N) is 4. The number of nitriles is 1. The zero-order chi connectivity index (χ0) is 28.1. The van der Waals surface area contributed by atoms with Crippen molar-refractivity contribution < 1.29 is 18.5 Å². The maximum atomic E-state index is 13.5. The molecule has 0 radical (unpaired) electrons. The fraction of sp³-hybridized carbons (Fsp3) is 0.226. The topological polar surface area (TPSA) is 104 Å². The van der Waals surface area contributed by atoms with E-state index in [4.69, 9.17) is 4.52 Å². The Labute approximate surface area is 229 Å². The number of aromatic nitrogens is 2. The van der Waals surface area contributed by atoms with Crippen molar-refractivity contribution in [1.82, 2.24) is 19.9 Å². The van der Waals surface area contributed by atoms with Crippen LogP contribution in [0.2, 0.25) is 0 Å². The summed E-state index contributed by atoms with van der Waals surface area (Å²) in [6, 6.07) is 18.8. The number of halogens is 1. The van der Waals surface area contributed by atoms with Gasteiger partial charge in [0, 0.05) is 46.6 Å². The van der Waals surface area contributed by atoms with Gasteiger partial charge in [-0.1, -0.05) is 17.3 Å². The number of hydrogen-bond acceptors (Lipinski definition) is 5. The van der Waals surface area contributed by atoms with Crippen molar-refractivity contribution in [3.8, 4) is 17.2 Å². The van der Waals surface area contributed by atoms with Crippen LogP contribution >= 0.6 is 0 Å². The Balaban J connectivity index is 1.63. The first-order valence-electron chi connectivity index (χ1n) is 13.0. The van der Waals surface area contributed by atoms with Gasteiger partial charge in [-0.25, -0.2) is 4.39 Å². The number of aryl methyl sites for hydroxylation is 2. The van der Waals surface area contributed by atoms with Crippen LogP contribution in [0.1, 0.15) is 43.3 Å². The second-order valence-corrected chi connectivity index (χ2v) is 10.1. The van der Waals surface area contributed by atoms with Gasteiger partial charge in [-0.3, -0.25) is 9.59 Å². The van der Waals surface area contributed by atoms with E-state index < -0.39 is 6.17 Å². The molecule has 5 aromatic rings. The molecular formula is C31H26FN5O3. The summed E-state index contributed by atoms with van der Waals surface area (Å²) in [4.78, 5) is 27.9. The van der Waals surface area contributed by atoms with Crippen LogP contribution in [0, 0.1) is 25.2 Å². The molecule has 8 nitrogen and oxygen atoms in total. The van der Waals surface area contributed by atoms with E-state index in [9.17, 15) is 19.2 Å². The third kappa shape index (κ3) is 4.09. The molecule has 3 aromatic carbocycles. The minimum absolute atomic E-state index is 0.0849. The van der Waals surface area contributed by atoms with Gasteiger partial charge >= 0.3 is 0 Å². The van der Waals surface area contributed by atoms with Gasteiger partial charge in [0.15, 0.2) is 0 Å². The lowest BCUT2D eigenvalue weighted by molar-refractivity contribution is 0.0400. The summed E-state index contributed by atoms with van der Waals surface area (Å²) in [6.45, 7) is 4.33. The number of nitrogens with one attached hydrogen (secondary N) is 1. The summed E-state index contributed by atoms with van der Waals surface area (Å²) < 4.78 is 21.0. The fourth-order valence-electron chi connectivity index (χ4n) is 5.52. The van der Waals surface area contributed by atoms with Gasteiger partial charge in [0.05, 0.1) is 35.9 Å². The molecule has 0 saturated carbocycles. The molecule has 0 aliphatic carbocycles. The standard InChI is InChI=1S/C31H26FN5O3/c1-17-28(18(2)40-35-17)22-11-25(30(38)34-3)29-24-10-21(31(39)36-15-23(32)16-36)8-9-26(24)37(27(29)12-22)14-20-6-4-19(13-33)5-7-20/h4-12,23H,14-16H2,1-3H3,(H,34,38). The quantitative estimate of drug-likeness (QED) is 0.336. The summed E-state index contributed by atoms with van der Waals surface area (Å²) >= 11 is 0. The number of rotatable bonds is 5. The number of likely N-dealkylation sites (tertiary alicyclic amines) is 1. The molecule has 1 N–H and O–H groups in total. The SMILES string of the molecule is CNC(=O)c1cc(-c2c(C)noc2C)cc2c1c1cc(C(=O)N3CC(F)C3)ccc1n2Cc1ccc(C#N)cc1. The van der Waals surface area contributed by atoms with Gasteiger partial charge in [0.1, 0.15) is 11.9 Å². The van der Waals surface area contributed by atoms with Crippen LogP contribution in [0.3, 0.4) is 0 Å². The van der Waals surface area contributed by atoms with E-state index in [0.717, 1.165) is 33.1 Å². The molecule has 1 fully saturated rings. The molecule has 200 valence electrons. The van der Waals surface area contributed by atoms with Crippen LogP contribution in [0.15, 0.2) is 59.1 Å². The molecule has 1 saturated heterocycles. The van der Waals surface area contributed by atoms with Crippen LogP contribution in [0.25, 0.3) is 32.9 Å². The third-order valence-corrected chi connectivity index (χ3v) is 7.55. The molecular weight excluding hydrogens is 509 g/mol. The van der Waals surface area contributed by atoms with E-state index in [0.29, 0.717) is 40.1 Å². The van der Waals surface area contributed by atoms with Gasteiger partial charge < -0.3 is 19.3 Å². The maximum Gasteiger partial charge on any atom is 0.254 e. The molecule has 40 heavy (non-hydrogen) atoms. The number of hydrogen-bond donors (Lipinski definition) is 1. The Morgan fingerprint density at radius 1 is 1.10 bits per heavy atom. The van der Waals surface area contributed by atoms with Crippen molar-refractivity contribution in [2.45, 2.75) is 26.6 Å². The number of benzene rings is 3. The summed E-state index contributed by atoms with van der Waals surface area (Å²) in [7, 11) is 1.58. The van der Waals surface area contributed by atoms with Crippen molar-refractivity contribution >= 4 is 33.6 Å². The molecule has 3 heterocycles. The molecule has 0 atom stereocenters. The average molecular weight is 536 g/mol. The smallest absolute Gasteiger partial charge is 0.254 e. The normalized spacial score (nSPS) is 13.4. The second kappa shape index (κ2) is 9.65. The van der Waals surface area contributed by atoms with Gasteiger partial charge in [-0.2, -0.15) is 5.26 Å². The summed E-state index contributed by atoms with van der Waals surface area (Å²) in [5.74, 6) is 0.136. The second-order valence-electron chi connectivity index (χ2n) is 10.1. The number of fused-ring (bicyclic) bond motifs is 3. The van der Waals surface area contributed by atoms with Gasteiger partial charge in [0.2, 0.25) is 0 Å². The Morgan fingerprint density at radius 2 is 1.85 bits per heavy atom. The van der Waals surface area contributed by atoms with E-state index in [1.807, 2.05) is 44.2 Å². The summed E-state index contributed by atoms with van der Waals surface area (Å²) in [6.07, 6.45) is -0.996. The Hall–Kier alpha value is -4.97. The maximum absolute atomic E-state index is 13.5. The number of alkyl halides is 1. The van der Waals surface area contributed by atoms with Crippen molar-refractivity contribution in [3.05, 3.63) is 88.3 Å². The molecule has 2 aromatic heterocycles. The molecule has 1 aliphatic rings. The third-order valence-electron chi connectivity index (χ3n) is 7.55. The van der Waals surface area contributed by atoms with Gasteiger partial charge in [0.25, 0.3) is 11.8 Å². The van der Waals surface area contributed by atoms with Crippen LogP contribution in [0.5, 0.6) is 0 Å². The van der Waals surface area contributed by atoms with Crippen molar-refractivity contribution in [3.63, 3.8) is 0 Å². The predicted octanol–water partition coefficient (Wildman–Crippen LogP) is 5.14. The van der Waals surface area contributed by atoms with E-state index >= 15 is 0 Å². The van der Waals surface area contributed by atoms with Crippen LogP contribution in [-0.2, 0) is 6.54 Å². The summed E-state index contributed by atoms with van der Waals surface area (Å²) in [5.41, 5.74) is 6.38. The first-order valence-corrected chi connectivity index (χ1v) is 13.0. The average Bonchev–Trinajstić information content (AvgIpc) is 3.45. The zero-order valence-corrected chi connectivity index (χ0v) is 22.3.